The van der Waals surface area contributed by atoms with E-state index in [1.54, 1.807) is 0 Å². The largest absolute Gasteiger partial charge is 0.493 e. The SMILES string of the molecule is CCc1ccccc1OCCC(=O)n1nc(C)cc1C. The van der Waals surface area contributed by atoms with Crippen LogP contribution < -0.4 is 4.74 Å². The maximum Gasteiger partial charge on any atom is 0.250 e. The summed E-state index contributed by atoms with van der Waals surface area (Å²) in [5.74, 6) is 0.820. The average Bonchev–Trinajstić information content (AvgIpc) is 2.78. The van der Waals surface area contributed by atoms with E-state index in [0.717, 1.165) is 29.1 Å². The Morgan fingerprint density at radius 2 is 2.05 bits per heavy atom. The van der Waals surface area contributed by atoms with Crippen LogP contribution in [0.5, 0.6) is 5.75 Å². The molecule has 4 heteroatoms. The monoisotopic (exact) mass is 272 g/mol. The molecule has 0 atom stereocenters. The molecule has 0 bridgehead atoms. The quantitative estimate of drug-likeness (QED) is 0.839. The molecule has 0 N–H and O–H groups in total. The number of para-hydroxylation sites is 1. The van der Waals surface area contributed by atoms with Crippen LogP contribution in [-0.4, -0.2) is 22.3 Å². The first kappa shape index (κ1) is 14.3. The van der Waals surface area contributed by atoms with Crippen LogP contribution in [0.25, 0.3) is 0 Å². The summed E-state index contributed by atoms with van der Waals surface area (Å²) in [4.78, 5) is 12.0. The zero-order valence-corrected chi connectivity index (χ0v) is 12.2. The second kappa shape index (κ2) is 6.37. The molecule has 0 radical (unpaired) electrons. The first-order valence-corrected chi connectivity index (χ1v) is 6.89. The summed E-state index contributed by atoms with van der Waals surface area (Å²) < 4.78 is 7.15. The Bertz CT molecular complexity index is 602. The number of nitrogens with zero attached hydrogens (tertiary/aromatic N) is 2. The van der Waals surface area contributed by atoms with Crippen molar-refractivity contribution in [1.82, 2.24) is 9.78 Å². The van der Waals surface area contributed by atoms with Gasteiger partial charge in [0.2, 0.25) is 0 Å². The number of aryl methyl sites for hydroxylation is 3. The predicted octanol–water partition coefficient (Wildman–Crippen LogP) is 3.17. The topological polar surface area (TPSA) is 44.1 Å². The van der Waals surface area contributed by atoms with E-state index >= 15 is 0 Å². The second-order valence-corrected chi connectivity index (χ2v) is 4.79. The van der Waals surface area contributed by atoms with Crippen LogP contribution in [-0.2, 0) is 6.42 Å². The number of carbonyl (C=O) groups is 1. The summed E-state index contributed by atoms with van der Waals surface area (Å²) >= 11 is 0. The zero-order valence-electron chi connectivity index (χ0n) is 12.2. The first-order chi connectivity index (χ1) is 9.61. The lowest BCUT2D eigenvalue weighted by Crippen LogP contribution is -2.17. The molecular formula is C16H20N2O2. The number of aromatic nitrogens is 2. The fraction of sp³-hybridized carbons (Fsp3) is 0.375. The molecule has 2 aromatic rings. The molecule has 0 saturated carbocycles. The van der Waals surface area contributed by atoms with E-state index < -0.39 is 0 Å². The van der Waals surface area contributed by atoms with Crippen molar-refractivity contribution in [3.63, 3.8) is 0 Å². The molecule has 2 rings (SSSR count). The van der Waals surface area contributed by atoms with Crippen LogP contribution in [0.3, 0.4) is 0 Å². The van der Waals surface area contributed by atoms with Crippen LogP contribution in [0.15, 0.2) is 30.3 Å². The molecule has 0 aliphatic carbocycles. The molecule has 0 saturated heterocycles. The Kier molecular flexibility index (Phi) is 4.56. The third kappa shape index (κ3) is 3.26. The van der Waals surface area contributed by atoms with Gasteiger partial charge < -0.3 is 4.74 Å². The second-order valence-electron chi connectivity index (χ2n) is 4.79. The van der Waals surface area contributed by atoms with Crippen molar-refractivity contribution < 1.29 is 9.53 Å². The molecule has 0 unspecified atom stereocenters. The van der Waals surface area contributed by atoms with Crippen molar-refractivity contribution in [1.29, 1.82) is 0 Å². The van der Waals surface area contributed by atoms with Crippen molar-refractivity contribution in [2.24, 2.45) is 0 Å². The van der Waals surface area contributed by atoms with Crippen molar-refractivity contribution >= 4 is 5.91 Å². The van der Waals surface area contributed by atoms with Gasteiger partial charge in [-0.05, 0) is 38.0 Å². The molecule has 0 spiro atoms. The molecule has 4 nitrogen and oxygen atoms in total. The maximum atomic E-state index is 12.0. The van der Waals surface area contributed by atoms with E-state index in [4.69, 9.17) is 4.74 Å². The Hall–Kier alpha value is -2.10. The van der Waals surface area contributed by atoms with Gasteiger partial charge in [0.1, 0.15) is 5.75 Å². The summed E-state index contributed by atoms with van der Waals surface area (Å²) in [7, 11) is 0. The summed E-state index contributed by atoms with van der Waals surface area (Å²) in [5.41, 5.74) is 2.88. The van der Waals surface area contributed by atoms with Gasteiger partial charge in [-0.15, -0.1) is 0 Å². The summed E-state index contributed by atoms with van der Waals surface area (Å²) in [5, 5.41) is 4.18. The molecule has 1 heterocycles. The van der Waals surface area contributed by atoms with Crippen LogP contribution in [0.4, 0.5) is 0 Å². The Morgan fingerprint density at radius 3 is 2.70 bits per heavy atom. The number of carbonyl (C=O) groups excluding carboxylic acids is 1. The number of hydrogen-bond donors (Lipinski definition) is 0. The highest BCUT2D eigenvalue weighted by molar-refractivity contribution is 5.78. The highest BCUT2D eigenvalue weighted by Crippen LogP contribution is 2.18. The number of hydrogen-bond acceptors (Lipinski definition) is 3. The van der Waals surface area contributed by atoms with Gasteiger partial charge in [0, 0.05) is 5.69 Å². The minimum absolute atomic E-state index is 0.0374. The van der Waals surface area contributed by atoms with Gasteiger partial charge in [0.05, 0.1) is 18.7 Å². The number of ether oxygens (including phenoxy) is 1. The van der Waals surface area contributed by atoms with Gasteiger partial charge in [-0.3, -0.25) is 4.79 Å². The lowest BCUT2D eigenvalue weighted by atomic mass is 10.1. The van der Waals surface area contributed by atoms with E-state index in [2.05, 4.69) is 12.0 Å². The zero-order chi connectivity index (χ0) is 14.5. The molecule has 1 aromatic heterocycles. The van der Waals surface area contributed by atoms with Crippen molar-refractivity contribution in [3.05, 3.63) is 47.3 Å². The predicted molar refractivity (Wildman–Crippen MR) is 78.3 cm³/mol. The van der Waals surface area contributed by atoms with Gasteiger partial charge in [-0.25, -0.2) is 4.68 Å². The first-order valence-electron chi connectivity index (χ1n) is 6.89. The van der Waals surface area contributed by atoms with Gasteiger partial charge >= 0.3 is 0 Å². The molecule has 1 aromatic carbocycles. The van der Waals surface area contributed by atoms with Crippen molar-refractivity contribution in [3.8, 4) is 5.75 Å². The van der Waals surface area contributed by atoms with E-state index in [9.17, 15) is 4.79 Å². The standard InChI is InChI=1S/C16H20N2O2/c1-4-14-7-5-6-8-15(14)20-10-9-16(19)18-13(3)11-12(2)17-18/h5-8,11H,4,9-10H2,1-3H3. The Labute approximate surface area is 119 Å². The molecule has 0 amide bonds. The minimum Gasteiger partial charge on any atom is -0.493 e. The van der Waals surface area contributed by atoms with E-state index in [1.165, 1.54) is 4.68 Å². The van der Waals surface area contributed by atoms with Gasteiger partial charge in [-0.2, -0.15) is 5.10 Å². The fourth-order valence-electron chi connectivity index (χ4n) is 2.17. The highest BCUT2D eigenvalue weighted by Gasteiger charge is 2.10. The smallest absolute Gasteiger partial charge is 0.250 e. The fourth-order valence-corrected chi connectivity index (χ4v) is 2.17. The van der Waals surface area contributed by atoms with Crippen molar-refractivity contribution in [2.75, 3.05) is 6.61 Å². The average molecular weight is 272 g/mol. The van der Waals surface area contributed by atoms with Crippen LogP contribution in [0, 0.1) is 13.8 Å². The Morgan fingerprint density at radius 1 is 1.30 bits per heavy atom. The lowest BCUT2D eigenvalue weighted by Gasteiger charge is -2.10. The molecule has 0 aliphatic rings. The Balaban J connectivity index is 1.93. The summed E-state index contributed by atoms with van der Waals surface area (Å²) in [6.45, 7) is 6.22. The molecular weight excluding hydrogens is 252 g/mol. The molecule has 0 aliphatic heterocycles. The van der Waals surface area contributed by atoms with Crippen LogP contribution in [0.2, 0.25) is 0 Å². The third-order valence-corrected chi connectivity index (χ3v) is 3.17. The minimum atomic E-state index is -0.0374. The van der Waals surface area contributed by atoms with Crippen molar-refractivity contribution in [2.45, 2.75) is 33.6 Å². The van der Waals surface area contributed by atoms with Gasteiger partial charge in [-0.1, -0.05) is 25.1 Å². The summed E-state index contributed by atoms with van der Waals surface area (Å²) in [6.07, 6.45) is 1.24. The number of benzene rings is 1. The highest BCUT2D eigenvalue weighted by atomic mass is 16.5. The van der Waals surface area contributed by atoms with Gasteiger partial charge in [0.15, 0.2) is 0 Å². The van der Waals surface area contributed by atoms with E-state index in [-0.39, 0.29) is 5.91 Å². The molecule has 0 fully saturated rings. The van der Waals surface area contributed by atoms with E-state index in [1.807, 2.05) is 44.2 Å². The van der Waals surface area contributed by atoms with Crippen LogP contribution in [0.1, 0.15) is 35.1 Å². The number of rotatable bonds is 5. The van der Waals surface area contributed by atoms with Crippen LogP contribution >= 0.6 is 0 Å². The van der Waals surface area contributed by atoms with E-state index in [0.29, 0.717) is 13.0 Å². The normalized spacial score (nSPS) is 10.6. The molecule has 20 heavy (non-hydrogen) atoms. The lowest BCUT2D eigenvalue weighted by molar-refractivity contribution is 0.0862. The van der Waals surface area contributed by atoms with Gasteiger partial charge in [0.25, 0.3) is 5.91 Å². The maximum absolute atomic E-state index is 12.0. The summed E-state index contributed by atoms with van der Waals surface area (Å²) in [6, 6.07) is 9.81. The molecule has 106 valence electrons. The third-order valence-electron chi connectivity index (χ3n) is 3.17.